The lowest BCUT2D eigenvalue weighted by Crippen LogP contribution is -2.23. The molecule has 0 atom stereocenters. The molecule has 3 rings (SSSR count). The standard InChI is InChI=1S/C18H21BrFN5O2/c19-14-10-13(6-7-15(14)20)22-18(23-26)17-16(24-27-25-17)9-12(21)8-11-4-2-1-3-5-11/h6-7,10-11,21,26H,1-5,8-9H2,(H,22,23). The number of halogens is 2. The number of rotatable bonds is 6. The maximum Gasteiger partial charge on any atom is 0.182 e. The molecule has 0 radical (unpaired) electrons. The minimum absolute atomic E-state index is 0.0234. The van der Waals surface area contributed by atoms with E-state index in [1.165, 1.54) is 37.5 Å². The molecule has 3 N–H and O–H groups in total. The number of nitrogens with zero attached hydrogens (tertiary/aromatic N) is 3. The number of benzene rings is 1. The summed E-state index contributed by atoms with van der Waals surface area (Å²) in [6.07, 6.45) is 7.08. The predicted octanol–water partition coefficient (Wildman–Crippen LogP) is 4.56. The summed E-state index contributed by atoms with van der Waals surface area (Å²) in [5, 5.41) is 25.4. The van der Waals surface area contributed by atoms with Crippen LogP contribution in [-0.4, -0.2) is 27.1 Å². The molecule has 0 saturated heterocycles. The lowest BCUT2D eigenvalue weighted by molar-refractivity contribution is 0.234. The first-order valence-corrected chi connectivity index (χ1v) is 9.68. The van der Waals surface area contributed by atoms with Crippen LogP contribution >= 0.6 is 15.9 Å². The van der Waals surface area contributed by atoms with Gasteiger partial charge in [0.25, 0.3) is 0 Å². The van der Waals surface area contributed by atoms with E-state index in [-0.39, 0.29) is 22.4 Å². The summed E-state index contributed by atoms with van der Waals surface area (Å²) in [6.45, 7) is 0. The van der Waals surface area contributed by atoms with Gasteiger partial charge in [0.05, 0.1) is 10.2 Å². The number of hydrogen-bond donors (Lipinski definition) is 3. The Kier molecular flexibility index (Phi) is 6.68. The predicted molar refractivity (Wildman–Crippen MR) is 102 cm³/mol. The SMILES string of the molecule is N=C(Cc1nonc1C(=Nc1ccc(F)c(Br)c1)NO)CC1CCCCC1. The van der Waals surface area contributed by atoms with E-state index in [1.54, 1.807) is 0 Å². The average Bonchev–Trinajstić information content (AvgIpc) is 3.11. The molecule has 1 aliphatic carbocycles. The third-order valence-corrected chi connectivity index (χ3v) is 5.28. The van der Waals surface area contributed by atoms with Crippen LogP contribution in [0.5, 0.6) is 0 Å². The highest BCUT2D eigenvalue weighted by Crippen LogP contribution is 2.27. The quantitative estimate of drug-likeness (QED) is 0.348. The van der Waals surface area contributed by atoms with Gasteiger partial charge in [0, 0.05) is 12.1 Å². The van der Waals surface area contributed by atoms with Gasteiger partial charge in [0.15, 0.2) is 11.5 Å². The van der Waals surface area contributed by atoms with Gasteiger partial charge in [-0.2, -0.15) is 0 Å². The first-order chi connectivity index (χ1) is 13.1. The lowest BCUT2D eigenvalue weighted by Gasteiger charge is -2.21. The number of aliphatic imine (C=N–C) groups is 1. The van der Waals surface area contributed by atoms with Crippen molar-refractivity contribution in [3.05, 3.63) is 39.9 Å². The topological polar surface area (TPSA) is 107 Å². The Bertz CT molecular complexity index is 833. The van der Waals surface area contributed by atoms with Crippen molar-refractivity contribution < 1.29 is 14.2 Å². The Morgan fingerprint density at radius 2 is 2.11 bits per heavy atom. The second kappa shape index (κ2) is 9.18. The molecular formula is C18H21BrFN5O2. The summed E-state index contributed by atoms with van der Waals surface area (Å²) < 4.78 is 18.4. The Morgan fingerprint density at radius 1 is 1.33 bits per heavy atom. The Labute approximate surface area is 164 Å². The van der Waals surface area contributed by atoms with E-state index in [0.717, 1.165) is 19.3 Å². The van der Waals surface area contributed by atoms with Gasteiger partial charge in [-0.25, -0.2) is 14.0 Å². The third-order valence-electron chi connectivity index (χ3n) is 4.67. The summed E-state index contributed by atoms with van der Waals surface area (Å²) in [5.74, 6) is 0.165. The number of hydroxylamine groups is 1. The Morgan fingerprint density at radius 3 is 2.81 bits per heavy atom. The van der Waals surface area contributed by atoms with Crippen LogP contribution in [0.3, 0.4) is 0 Å². The maximum absolute atomic E-state index is 13.4. The molecule has 27 heavy (non-hydrogen) atoms. The highest BCUT2D eigenvalue weighted by molar-refractivity contribution is 9.10. The molecule has 7 nitrogen and oxygen atoms in total. The molecule has 0 spiro atoms. The summed E-state index contributed by atoms with van der Waals surface area (Å²) in [4.78, 5) is 4.23. The molecule has 1 aliphatic rings. The van der Waals surface area contributed by atoms with Crippen LogP contribution in [0, 0.1) is 17.1 Å². The minimum atomic E-state index is -0.410. The highest BCUT2D eigenvalue weighted by Gasteiger charge is 2.20. The number of aromatic nitrogens is 2. The van der Waals surface area contributed by atoms with Gasteiger partial charge in [-0.15, -0.1) is 0 Å². The van der Waals surface area contributed by atoms with Crippen LogP contribution in [-0.2, 0) is 6.42 Å². The monoisotopic (exact) mass is 437 g/mol. The molecule has 1 heterocycles. The van der Waals surface area contributed by atoms with E-state index in [2.05, 4.69) is 31.2 Å². The molecule has 1 fully saturated rings. The van der Waals surface area contributed by atoms with Gasteiger partial charge in [0.2, 0.25) is 0 Å². The number of hydrogen-bond acceptors (Lipinski definition) is 6. The van der Waals surface area contributed by atoms with E-state index < -0.39 is 5.82 Å². The van der Waals surface area contributed by atoms with Crippen LogP contribution in [0.1, 0.15) is 49.9 Å². The second-order valence-electron chi connectivity index (χ2n) is 6.72. The van der Waals surface area contributed by atoms with Crippen molar-refractivity contribution in [2.24, 2.45) is 10.9 Å². The van der Waals surface area contributed by atoms with Crippen LogP contribution in [0.25, 0.3) is 0 Å². The normalized spacial score (nSPS) is 15.7. The van der Waals surface area contributed by atoms with Crippen molar-refractivity contribution in [1.29, 1.82) is 5.41 Å². The maximum atomic E-state index is 13.4. The van der Waals surface area contributed by atoms with Crippen LogP contribution < -0.4 is 5.48 Å². The first-order valence-electron chi connectivity index (χ1n) is 8.88. The molecule has 144 valence electrons. The van der Waals surface area contributed by atoms with Gasteiger partial charge in [-0.3, -0.25) is 10.7 Å². The van der Waals surface area contributed by atoms with E-state index in [4.69, 9.17) is 10.0 Å². The zero-order valence-electron chi connectivity index (χ0n) is 14.7. The molecule has 1 aromatic heterocycles. The van der Waals surface area contributed by atoms with Gasteiger partial charge in [0.1, 0.15) is 11.5 Å². The summed E-state index contributed by atoms with van der Waals surface area (Å²) in [7, 11) is 0. The number of amidine groups is 1. The molecule has 1 aromatic carbocycles. The fourth-order valence-electron chi connectivity index (χ4n) is 3.33. The molecule has 0 aliphatic heterocycles. The molecule has 0 amide bonds. The van der Waals surface area contributed by atoms with Crippen molar-refractivity contribution in [2.45, 2.75) is 44.9 Å². The summed E-state index contributed by atoms with van der Waals surface area (Å²) in [6, 6.07) is 4.21. The first kappa shape index (κ1) is 19.6. The minimum Gasteiger partial charge on any atom is -0.309 e. The van der Waals surface area contributed by atoms with E-state index in [9.17, 15) is 9.60 Å². The van der Waals surface area contributed by atoms with Crippen LogP contribution in [0.4, 0.5) is 10.1 Å². The largest absolute Gasteiger partial charge is 0.309 e. The zero-order chi connectivity index (χ0) is 19.2. The molecule has 2 aromatic rings. The Balaban J connectivity index is 1.74. The number of nitrogens with one attached hydrogen (secondary N) is 2. The fraction of sp³-hybridized carbons (Fsp3) is 0.444. The highest BCUT2D eigenvalue weighted by atomic mass is 79.9. The van der Waals surface area contributed by atoms with Crippen molar-refractivity contribution >= 4 is 33.2 Å². The molecule has 0 bridgehead atoms. The fourth-order valence-corrected chi connectivity index (χ4v) is 3.70. The van der Waals surface area contributed by atoms with Crippen molar-refractivity contribution in [3.63, 3.8) is 0 Å². The molecule has 0 unspecified atom stereocenters. The van der Waals surface area contributed by atoms with Gasteiger partial charge in [-0.1, -0.05) is 37.3 Å². The Hall–Kier alpha value is -2.13. The van der Waals surface area contributed by atoms with E-state index >= 15 is 0 Å². The van der Waals surface area contributed by atoms with Gasteiger partial charge < -0.3 is 5.41 Å². The average molecular weight is 438 g/mol. The summed E-state index contributed by atoms with van der Waals surface area (Å²) in [5.41, 5.74) is 3.61. The van der Waals surface area contributed by atoms with E-state index in [0.29, 0.717) is 23.0 Å². The van der Waals surface area contributed by atoms with Gasteiger partial charge >= 0.3 is 0 Å². The smallest absolute Gasteiger partial charge is 0.182 e. The van der Waals surface area contributed by atoms with Crippen LogP contribution in [0.15, 0.2) is 32.3 Å². The van der Waals surface area contributed by atoms with Crippen molar-refractivity contribution in [2.75, 3.05) is 0 Å². The van der Waals surface area contributed by atoms with E-state index in [1.807, 2.05) is 5.48 Å². The summed E-state index contributed by atoms with van der Waals surface area (Å²) >= 11 is 3.10. The second-order valence-corrected chi connectivity index (χ2v) is 7.57. The lowest BCUT2D eigenvalue weighted by atomic mass is 9.85. The van der Waals surface area contributed by atoms with Gasteiger partial charge in [-0.05, 0) is 51.6 Å². The van der Waals surface area contributed by atoms with Crippen molar-refractivity contribution in [3.8, 4) is 0 Å². The molecular weight excluding hydrogens is 417 g/mol. The zero-order valence-corrected chi connectivity index (χ0v) is 16.3. The third kappa shape index (κ3) is 5.20. The van der Waals surface area contributed by atoms with Crippen LogP contribution in [0.2, 0.25) is 0 Å². The van der Waals surface area contributed by atoms with Crippen molar-refractivity contribution in [1.82, 2.24) is 15.8 Å². The molecule has 9 heteroatoms. The molecule has 1 saturated carbocycles.